The van der Waals surface area contributed by atoms with Crippen LogP contribution in [0.25, 0.3) is 0 Å². The average molecular weight is 295 g/mol. The maximum absolute atomic E-state index is 11.9. The standard InChI is InChI=1S/C15H25N3OS/c1-11-12(2)20-15(17-11)10-16-14(19)8-7-13-6-4-5-9-18(13)3/h13H,4-10H2,1-3H3,(H,16,19). The maximum Gasteiger partial charge on any atom is 0.220 e. The summed E-state index contributed by atoms with van der Waals surface area (Å²) in [5, 5.41) is 3.99. The second kappa shape index (κ2) is 7.18. The number of carbonyl (C=O) groups excluding carboxylic acids is 1. The van der Waals surface area contributed by atoms with Gasteiger partial charge in [-0.15, -0.1) is 11.3 Å². The molecule has 112 valence electrons. The second-order valence-corrected chi connectivity index (χ2v) is 6.98. The number of nitrogens with zero attached hydrogens (tertiary/aromatic N) is 2. The predicted molar refractivity (Wildman–Crippen MR) is 82.9 cm³/mol. The van der Waals surface area contributed by atoms with Crippen molar-refractivity contribution in [1.82, 2.24) is 15.2 Å². The molecule has 1 fully saturated rings. The Morgan fingerprint density at radius 1 is 1.45 bits per heavy atom. The molecule has 0 spiro atoms. The summed E-state index contributed by atoms with van der Waals surface area (Å²) in [4.78, 5) is 20.0. The van der Waals surface area contributed by atoms with Crippen LogP contribution < -0.4 is 5.32 Å². The molecule has 0 aromatic carbocycles. The molecule has 2 rings (SSSR count). The van der Waals surface area contributed by atoms with E-state index in [9.17, 15) is 4.79 Å². The van der Waals surface area contributed by atoms with Crippen molar-refractivity contribution in [2.75, 3.05) is 13.6 Å². The lowest BCUT2D eigenvalue weighted by molar-refractivity contribution is -0.121. The molecule has 0 saturated carbocycles. The van der Waals surface area contributed by atoms with Crippen molar-refractivity contribution in [3.05, 3.63) is 15.6 Å². The Morgan fingerprint density at radius 2 is 2.25 bits per heavy atom. The van der Waals surface area contributed by atoms with Crippen LogP contribution in [-0.4, -0.2) is 35.4 Å². The van der Waals surface area contributed by atoms with Gasteiger partial charge in [0, 0.05) is 17.3 Å². The maximum atomic E-state index is 11.9. The van der Waals surface area contributed by atoms with Gasteiger partial charge in [0.15, 0.2) is 0 Å². The van der Waals surface area contributed by atoms with Gasteiger partial charge in [0.2, 0.25) is 5.91 Å². The Bertz CT molecular complexity index is 438. The topological polar surface area (TPSA) is 45.2 Å². The SMILES string of the molecule is Cc1nc(CNC(=O)CCC2CCCCN2C)sc1C. The Hall–Kier alpha value is -0.940. The fraction of sp³-hybridized carbons (Fsp3) is 0.733. The van der Waals surface area contributed by atoms with Gasteiger partial charge in [-0.1, -0.05) is 6.42 Å². The van der Waals surface area contributed by atoms with Crippen LogP contribution in [0.4, 0.5) is 0 Å². The number of thiazole rings is 1. The minimum atomic E-state index is 0.148. The molecule has 1 saturated heterocycles. The van der Waals surface area contributed by atoms with E-state index in [1.807, 2.05) is 6.92 Å². The van der Waals surface area contributed by atoms with Gasteiger partial charge in [-0.2, -0.15) is 0 Å². The van der Waals surface area contributed by atoms with Gasteiger partial charge >= 0.3 is 0 Å². The van der Waals surface area contributed by atoms with E-state index in [1.165, 1.54) is 30.7 Å². The zero-order valence-corrected chi connectivity index (χ0v) is 13.6. The van der Waals surface area contributed by atoms with Crippen LogP contribution in [0.2, 0.25) is 0 Å². The van der Waals surface area contributed by atoms with Crippen LogP contribution >= 0.6 is 11.3 Å². The van der Waals surface area contributed by atoms with Crippen LogP contribution in [0.15, 0.2) is 0 Å². The van der Waals surface area contributed by atoms with Crippen molar-refractivity contribution in [2.24, 2.45) is 0 Å². The van der Waals surface area contributed by atoms with Gasteiger partial charge < -0.3 is 10.2 Å². The minimum absolute atomic E-state index is 0.148. The average Bonchev–Trinajstić information content (AvgIpc) is 2.75. The molecule has 4 nitrogen and oxygen atoms in total. The summed E-state index contributed by atoms with van der Waals surface area (Å²) in [6.07, 6.45) is 5.42. The number of hydrogen-bond acceptors (Lipinski definition) is 4. The van der Waals surface area contributed by atoms with Crippen LogP contribution in [0.1, 0.15) is 47.7 Å². The van der Waals surface area contributed by atoms with Gasteiger partial charge in [0.05, 0.1) is 12.2 Å². The summed E-state index contributed by atoms with van der Waals surface area (Å²) in [5.74, 6) is 0.148. The molecule has 0 radical (unpaired) electrons. The van der Waals surface area contributed by atoms with Gasteiger partial charge in [-0.25, -0.2) is 4.98 Å². The molecule has 0 aliphatic carbocycles. The third-order valence-corrected chi connectivity index (χ3v) is 5.21. The fourth-order valence-electron chi connectivity index (χ4n) is 2.68. The molecule has 1 N–H and O–H groups in total. The lowest BCUT2D eigenvalue weighted by Gasteiger charge is -2.32. The molecule has 1 amide bonds. The number of likely N-dealkylation sites (tertiary alicyclic amines) is 1. The highest BCUT2D eigenvalue weighted by Gasteiger charge is 2.19. The first-order valence-electron chi connectivity index (χ1n) is 7.46. The summed E-state index contributed by atoms with van der Waals surface area (Å²) < 4.78 is 0. The van der Waals surface area contributed by atoms with Crippen LogP contribution in [0.3, 0.4) is 0 Å². The summed E-state index contributed by atoms with van der Waals surface area (Å²) in [6, 6.07) is 0.582. The van der Waals surface area contributed by atoms with Crippen molar-refractivity contribution in [1.29, 1.82) is 0 Å². The van der Waals surface area contributed by atoms with Gasteiger partial charge in [-0.05, 0) is 46.7 Å². The van der Waals surface area contributed by atoms with E-state index < -0.39 is 0 Å². The molecule has 5 heteroatoms. The monoisotopic (exact) mass is 295 g/mol. The Labute approximate surface area is 125 Å². The van der Waals surface area contributed by atoms with Gasteiger partial charge in [0.25, 0.3) is 0 Å². The molecule has 1 aromatic heterocycles. The number of nitrogens with one attached hydrogen (secondary N) is 1. The number of carbonyl (C=O) groups is 1. The molecular weight excluding hydrogens is 270 g/mol. The van der Waals surface area contributed by atoms with E-state index in [4.69, 9.17) is 0 Å². The van der Waals surface area contributed by atoms with Crippen molar-refractivity contribution in [3.8, 4) is 0 Å². The highest BCUT2D eigenvalue weighted by atomic mass is 32.1. The van der Waals surface area contributed by atoms with Crippen molar-refractivity contribution in [3.63, 3.8) is 0 Å². The van der Waals surface area contributed by atoms with Gasteiger partial charge in [-0.3, -0.25) is 4.79 Å². The molecule has 1 atom stereocenters. The summed E-state index contributed by atoms with van der Waals surface area (Å²) in [6.45, 7) is 5.82. The molecule has 1 aliphatic rings. The smallest absolute Gasteiger partial charge is 0.220 e. The van der Waals surface area contributed by atoms with E-state index in [-0.39, 0.29) is 5.91 Å². The number of amides is 1. The molecule has 1 aromatic rings. The van der Waals surface area contributed by atoms with Gasteiger partial charge in [0.1, 0.15) is 5.01 Å². The highest BCUT2D eigenvalue weighted by molar-refractivity contribution is 7.11. The molecule has 0 bridgehead atoms. The van der Waals surface area contributed by atoms with E-state index >= 15 is 0 Å². The minimum Gasteiger partial charge on any atom is -0.350 e. The molecular formula is C15H25N3OS. The first kappa shape index (κ1) is 15.4. The molecule has 20 heavy (non-hydrogen) atoms. The Morgan fingerprint density at radius 3 is 2.90 bits per heavy atom. The van der Waals surface area contributed by atoms with E-state index in [1.54, 1.807) is 11.3 Å². The van der Waals surface area contributed by atoms with E-state index in [2.05, 4.69) is 29.2 Å². The summed E-state index contributed by atoms with van der Waals surface area (Å²) >= 11 is 1.67. The van der Waals surface area contributed by atoms with Crippen LogP contribution in [-0.2, 0) is 11.3 Å². The number of aromatic nitrogens is 1. The Kier molecular flexibility index (Phi) is 5.54. The largest absolute Gasteiger partial charge is 0.350 e. The molecule has 2 heterocycles. The second-order valence-electron chi connectivity index (χ2n) is 5.69. The normalized spacial score (nSPS) is 20.1. The van der Waals surface area contributed by atoms with Crippen LogP contribution in [0.5, 0.6) is 0 Å². The zero-order valence-electron chi connectivity index (χ0n) is 12.7. The zero-order chi connectivity index (χ0) is 14.5. The third kappa shape index (κ3) is 4.28. The highest BCUT2D eigenvalue weighted by Crippen LogP contribution is 2.19. The van der Waals surface area contributed by atoms with E-state index in [0.29, 0.717) is 19.0 Å². The number of rotatable bonds is 5. The third-order valence-electron chi connectivity index (χ3n) is 4.14. The molecule has 1 unspecified atom stereocenters. The fourth-order valence-corrected chi connectivity index (χ4v) is 3.56. The number of hydrogen-bond donors (Lipinski definition) is 1. The first-order valence-corrected chi connectivity index (χ1v) is 8.27. The predicted octanol–water partition coefficient (Wildman–Crippen LogP) is 2.64. The van der Waals surface area contributed by atoms with Crippen molar-refractivity contribution in [2.45, 2.75) is 58.5 Å². The first-order chi connectivity index (χ1) is 9.56. The quantitative estimate of drug-likeness (QED) is 0.908. The number of piperidine rings is 1. The van der Waals surface area contributed by atoms with Crippen LogP contribution in [0, 0.1) is 13.8 Å². The Balaban J connectivity index is 1.70. The lowest BCUT2D eigenvalue weighted by Crippen LogP contribution is -2.37. The molecule has 1 aliphatic heterocycles. The number of aryl methyl sites for hydroxylation is 2. The summed E-state index contributed by atoms with van der Waals surface area (Å²) in [7, 11) is 2.17. The van der Waals surface area contributed by atoms with E-state index in [0.717, 1.165) is 17.1 Å². The van der Waals surface area contributed by atoms with Crippen molar-refractivity contribution < 1.29 is 4.79 Å². The summed E-state index contributed by atoms with van der Waals surface area (Å²) in [5.41, 5.74) is 1.07. The lowest BCUT2D eigenvalue weighted by atomic mass is 9.98. The van der Waals surface area contributed by atoms with Crippen molar-refractivity contribution >= 4 is 17.2 Å².